The van der Waals surface area contributed by atoms with Gasteiger partial charge in [-0.1, -0.05) is 23.7 Å². The first kappa shape index (κ1) is 25.7. The number of fused-ring (bicyclic) bond motifs is 3. The zero-order chi connectivity index (χ0) is 26.6. The lowest BCUT2D eigenvalue weighted by atomic mass is 9.98. The van der Waals surface area contributed by atoms with Gasteiger partial charge in [0.25, 0.3) is 0 Å². The first-order valence-electron chi connectivity index (χ1n) is 12.3. The number of tetrazole rings is 1. The van der Waals surface area contributed by atoms with Gasteiger partial charge in [-0.2, -0.15) is 0 Å². The van der Waals surface area contributed by atoms with Gasteiger partial charge in [-0.05, 0) is 60.2 Å². The van der Waals surface area contributed by atoms with E-state index in [-0.39, 0.29) is 12.6 Å². The van der Waals surface area contributed by atoms with Gasteiger partial charge in [0.05, 0.1) is 38.3 Å². The largest absolute Gasteiger partial charge is 0.493 e. The highest BCUT2D eigenvalue weighted by Crippen LogP contribution is 2.46. The molecule has 2 atom stereocenters. The first-order valence-corrected chi connectivity index (χ1v) is 12.7. The molecule has 5 rings (SSSR count). The molecule has 198 valence electrons. The van der Waals surface area contributed by atoms with Crippen molar-refractivity contribution in [3.05, 3.63) is 82.4 Å². The Morgan fingerprint density at radius 3 is 2.76 bits per heavy atom. The zero-order valence-electron chi connectivity index (χ0n) is 21.3. The maximum Gasteiger partial charge on any atom is 0.327 e. The summed E-state index contributed by atoms with van der Waals surface area (Å²) in [7, 11) is 3.22. The van der Waals surface area contributed by atoms with E-state index >= 15 is 0 Å². The molecule has 4 aromatic rings. The summed E-state index contributed by atoms with van der Waals surface area (Å²) >= 11 is 6.48. The van der Waals surface area contributed by atoms with Crippen LogP contribution in [-0.4, -0.2) is 51.6 Å². The van der Waals surface area contributed by atoms with E-state index in [4.69, 9.17) is 30.5 Å². The van der Waals surface area contributed by atoms with E-state index in [0.29, 0.717) is 41.8 Å². The number of aryl methyl sites for hydroxylation is 1. The van der Waals surface area contributed by atoms with E-state index in [1.807, 2.05) is 54.7 Å². The number of nitrogens with zero attached hydrogens (tertiary/aromatic N) is 5. The van der Waals surface area contributed by atoms with Crippen molar-refractivity contribution in [2.45, 2.75) is 38.5 Å². The molecule has 0 N–H and O–H groups in total. The lowest BCUT2D eigenvalue weighted by molar-refractivity contribution is -0.144. The second-order valence-corrected chi connectivity index (χ2v) is 9.13. The molecular weight excluding hydrogens is 510 g/mol. The Balaban J connectivity index is 1.53. The highest BCUT2D eigenvalue weighted by Gasteiger charge is 2.33. The van der Waals surface area contributed by atoms with Crippen LogP contribution in [0.2, 0.25) is 5.02 Å². The number of carbonyl (C=O) groups is 1. The van der Waals surface area contributed by atoms with Crippen molar-refractivity contribution in [3.8, 4) is 17.2 Å². The van der Waals surface area contributed by atoms with Crippen molar-refractivity contribution < 1.29 is 23.7 Å². The number of methoxy groups -OCH3 is 2. The quantitative estimate of drug-likeness (QED) is 0.288. The van der Waals surface area contributed by atoms with Crippen LogP contribution in [0.25, 0.3) is 5.69 Å². The average Bonchev–Trinajstić information content (AvgIpc) is 3.56. The molecule has 0 aliphatic carbocycles. The van der Waals surface area contributed by atoms with Crippen molar-refractivity contribution in [2.75, 3.05) is 20.8 Å². The maximum atomic E-state index is 12.0. The van der Waals surface area contributed by atoms with Gasteiger partial charge >= 0.3 is 5.97 Å². The normalized spacial score (nSPS) is 16.3. The number of ether oxygens (including phenoxy) is 4. The summed E-state index contributed by atoms with van der Waals surface area (Å²) in [6.07, 6.45) is 2.19. The SMILES string of the molecule is CCOC(=O)Cn1nnnc1CC[C@H]1O[C@H](c2cccc(OC)c2OC)c2cc(Cl)ccc2-n2cccc21. The smallest absolute Gasteiger partial charge is 0.327 e. The fourth-order valence-electron chi connectivity index (χ4n) is 4.83. The monoisotopic (exact) mass is 537 g/mol. The third kappa shape index (κ3) is 4.97. The minimum atomic E-state index is -0.505. The Hall–Kier alpha value is -3.89. The summed E-state index contributed by atoms with van der Waals surface area (Å²) in [6.45, 7) is 2.00. The number of esters is 1. The van der Waals surface area contributed by atoms with E-state index in [9.17, 15) is 4.79 Å². The van der Waals surface area contributed by atoms with E-state index in [2.05, 4.69) is 20.1 Å². The van der Waals surface area contributed by atoms with Gasteiger partial charge < -0.3 is 23.5 Å². The Morgan fingerprint density at radius 1 is 1.11 bits per heavy atom. The van der Waals surface area contributed by atoms with E-state index in [1.54, 1.807) is 21.1 Å². The van der Waals surface area contributed by atoms with Gasteiger partial charge in [0.1, 0.15) is 12.6 Å². The van der Waals surface area contributed by atoms with E-state index < -0.39 is 12.1 Å². The van der Waals surface area contributed by atoms with Crippen molar-refractivity contribution in [1.29, 1.82) is 0 Å². The lowest BCUT2D eigenvalue weighted by Crippen LogP contribution is -2.18. The molecule has 1 aliphatic heterocycles. The van der Waals surface area contributed by atoms with Crippen LogP contribution < -0.4 is 9.47 Å². The minimum absolute atomic E-state index is 0.0500. The summed E-state index contributed by atoms with van der Waals surface area (Å²) in [5.41, 5.74) is 3.65. The minimum Gasteiger partial charge on any atom is -0.493 e. The van der Waals surface area contributed by atoms with Gasteiger partial charge in [-0.15, -0.1) is 5.10 Å². The van der Waals surface area contributed by atoms with Crippen LogP contribution in [0.1, 0.15) is 48.2 Å². The van der Waals surface area contributed by atoms with Crippen molar-refractivity contribution in [3.63, 3.8) is 0 Å². The van der Waals surface area contributed by atoms with Gasteiger partial charge in [-0.25, -0.2) is 4.68 Å². The molecule has 3 heterocycles. The molecule has 1 aliphatic rings. The molecule has 0 unspecified atom stereocenters. The first-order chi connectivity index (χ1) is 18.5. The zero-order valence-corrected chi connectivity index (χ0v) is 22.1. The van der Waals surface area contributed by atoms with Crippen molar-refractivity contribution in [2.24, 2.45) is 0 Å². The molecule has 0 spiro atoms. The maximum absolute atomic E-state index is 12.0. The summed E-state index contributed by atoms with van der Waals surface area (Å²) in [5.74, 6) is 1.38. The van der Waals surface area contributed by atoms with Gasteiger partial charge in [0.2, 0.25) is 0 Å². The molecule has 11 heteroatoms. The fourth-order valence-corrected chi connectivity index (χ4v) is 5.01. The predicted octanol–water partition coefficient (Wildman–Crippen LogP) is 4.49. The molecule has 0 saturated heterocycles. The Bertz CT molecular complexity index is 1430. The van der Waals surface area contributed by atoms with Gasteiger partial charge in [-0.3, -0.25) is 4.79 Å². The molecule has 10 nitrogen and oxygen atoms in total. The number of aromatic nitrogens is 5. The van der Waals surface area contributed by atoms with Crippen LogP contribution in [0.4, 0.5) is 0 Å². The third-order valence-electron chi connectivity index (χ3n) is 6.48. The fraction of sp³-hybridized carbons (Fsp3) is 0.333. The molecule has 2 aromatic heterocycles. The summed E-state index contributed by atoms with van der Waals surface area (Å²) in [5, 5.41) is 12.5. The van der Waals surface area contributed by atoms with Crippen LogP contribution in [0.5, 0.6) is 11.5 Å². The summed E-state index contributed by atoms with van der Waals surface area (Å²) < 4.78 is 26.9. The van der Waals surface area contributed by atoms with Crippen molar-refractivity contribution in [1.82, 2.24) is 24.8 Å². The number of para-hydroxylation sites is 1. The third-order valence-corrected chi connectivity index (χ3v) is 6.71. The molecule has 0 fully saturated rings. The number of hydrogen-bond donors (Lipinski definition) is 0. The number of halogens is 1. The standard InChI is InChI=1S/C27H28ClN5O5/c1-4-37-25(34)16-33-24(29-30-31-33)13-12-22-21-8-6-14-32(21)20-11-10-17(28)15-19(20)26(38-22)18-7-5-9-23(35-2)27(18)36-3/h5-11,14-15,22,26H,4,12-13,16H2,1-3H3/t22-,26-/m1/s1. The number of benzene rings is 2. The second kappa shape index (κ2) is 11.2. The summed E-state index contributed by atoms with van der Waals surface area (Å²) in [6, 6.07) is 15.5. The van der Waals surface area contributed by atoms with Crippen LogP contribution in [-0.2, 0) is 27.2 Å². The molecule has 0 bridgehead atoms. The molecule has 0 amide bonds. The van der Waals surface area contributed by atoms with Gasteiger partial charge in [0, 0.05) is 28.8 Å². The topological polar surface area (TPSA) is 103 Å². The van der Waals surface area contributed by atoms with Gasteiger partial charge in [0.15, 0.2) is 17.3 Å². The van der Waals surface area contributed by atoms with Crippen LogP contribution in [0, 0.1) is 0 Å². The Kier molecular flexibility index (Phi) is 7.62. The van der Waals surface area contributed by atoms with Crippen LogP contribution in [0.3, 0.4) is 0 Å². The Morgan fingerprint density at radius 2 is 1.97 bits per heavy atom. The molecular formula is C27H28ClN5O5. The lowest BCUT2D eigenvalue weighted by Gasteiger charge is -2.25. The van der Waals surface area contributed by atoms with Crippen molar-refractivity contribution >= 4 is 17.6 Å². The number of hydrogen-bond acceptors (Lipinski definition) is 8. The van der Waals surface area contributed by atoms with E-state index in [0.717, 1.165) is 22.5 Å². The number of carbonyl (C=O) groups excluding carboxylic acids is 1. The molecule has 0 radical (unpaired) electrons. The molecule has 2 aromatic carbocycles. The van der Waals surface area contributed by atoms with Crippen LogP contribution in [0.15, 0.2) is 54.7 Å². The highest BCUT2D eigenvalue weighted by molar-refractivity contribution is 6.30. The van der Waals surface area contributed by atoms with Crippen LogP contribution >= 0.6 is 11.6 Å². The predicted molar refractivity (Wildman–Crippen MR) is 139 cm³/mol. The summed E-state index contributed by atoms with van der Waals surface area (Å²) in [4.78, 5) is 12.0. The highest BCUT2D eigenvalue weighted by atomic mass is 35.5. The van der Waals surface area contributed by atoms with E-state index in [1.165, 1.54) is 4.68 Å². The average molecular weight is 538 g/mol. The Labute approximate surface area is 225 Å². The number of rotatable bonds is 9. The molecule has 38 heavy (non-hydrogen) atoms. The second-order valence-electron chi connectivity index (χ2n) is 8.69. The molecule has 0 saturated carbocycles.